The van der Waals surface area contributed by atoms with Crippen molar-refractivity contribution >= 4 is 11.4 Å². The van der Waals surface area contributed by atoms with Gasteiger partial charge in [-0.1, -0.05) is 26.0 Å². The zero-order valence-electron chi connectivity index (χ0n) is 12.4. The molecule has 0 aromatic heterocycles. The Bertz CT molecular complexity index is 404. The van der Waals surface area contributed by atoms with E-state index >= 15 is 0 Å². The second-order valence-electron chi connectivity index (χ2n) is 5.67. The fourth-order valence-electron chi connectivity index (χ4n) is 2.71. The van der Waals surface area contributed by atoms with Crippen LogP contribution in [0, 0.1) is 5.92 Å². The van der Waals surface area contributed by atoms with E-state index in [-0.39, 0.29) is 0 Å². The summed E-state index contributed by atoms with van der Waals surface area (Å²) in [6.45, 7) is 8.42. The van der Waals surface area contributed by atoms with Gasteiger partial charge in [0.25, 0.3) is 0 Å². The number of ether oxygens (including phenoxy) is 1. The molecular formula is C16H26N2O. The maximum atomic E-state index is 5.26. The first-order valence-corrected chi connectivity index (χ1v) is 7.32. The second-order valence-corrected chi connectivity index (χ2v) is 5.67. The molecule has 3 heteroatoms. The number of aryl methyl sites for hydroxylation is 1. The lowest BCUT2D eigenvalue weighted by Gasteiger charge is -2.31. The van der Waals surface area contributed by atoms with Crippen LogP contribution in [0.25, 0.3) is 0 Å². The van der Waals surface area contributed by atoms with Crippen LogP contribution >= 0.6 is 0 Å². The summed E-state index contributed by atoms with van der Waals surface area (Å²) in [6.07, 6.45) is 2.43. The summed E-state index contributed by atoms with van der Waals surface area (Å²) < 4.78 is 5.26. The number of para-hydroxylation sites is 1. The number of nitrogens with zero attached hydrogens (tertiary/aromatic N) is 1. The van der Waals surface area contributed by atoms with E-state index in [4.69, 9.17) is 4.74 Å². The third-order valence-corrected chi connectivity index (χ3v) is 3.54. The number of rotatable bonds is 6. The topological polar surface area (TPSA) is 24.5 Å². The summed E-state index contributed by atoms with van der Waals surface area (Å²) in [5.41, 5.74) is 4.13. The molecule has 1 aromatic carbocycles. The van der Waals surface area contributed by atoms with Crippen LogP contribution in [0.2, 0.25) is 0 Å². The Morgan fingerprint density at radius 1 is 1.37 bits per heavy atom. The fourth-order valence-corrected chi connectivity index (χ4v) is 2.71. The Morgan fingerprint density at radius 2 is 2.21 bits per heavy atom. The van der Waals surface area contributed by atoms with E-state index in [0.717, 1.165) is 26.2 Å². The van der Waals surface area contributed by atoms with E-state index in [1.165, 1.54) is 29.8 Å². The van der Waals surface area contributed by atoms with Gasteiger partial charge in [0.1, 0.15) is 0 Å². The van der Waals surface area contributed by atoms with Gasteiger partial charge in [-0.25, -0.2) is 0 Å². The van der Waals surface area contributed by atoms with Gasteiger partial charge in [0.15, 0.2) is 0 Å². The Labute approximate surface area is 116 Å². The minimum absolute atomic E-state index is 0.649. The molecule has 19 heavy (non-hydrogen) atoms. The first-order chi connectivity index (χ1) is 9.22. The van der Waals surface area contributed by atoms with Crippen molar-refractivity contribution in [2.45, 2.75) is 26.7 Å². The molecule has 0 bridgehead atoms. The summed E-state index contributed by atoms with van der Waals surface area (Å²) in [5, 5.41) is 3.58. The van der Waals surface area contributed by atoms with Gasteiger partial charge in [0, 0.05) is 26.7 Å². The lowest BCUT2D eigenvalue weighted by atomic mass is 10.0. The molecule has 0 fully saturated rings. The zero-order valence-corrected chi connectivity index (χ0v) is 12.4. The lowest BCUT2D eigenvalue weighted by Crippen LogP contribution is -2.32. The second kappa shape index (κ2) is 6.80. The van der Waals surface area contributed by atoms with Crippen molar-refractivity contribution in [2.24, 2.45) is 5.92 Å². The van der Waals surface area contributed by atoms with Gasteiger partial charge < -0.3 is 15.0 Å². The van der Waals surface area contributed by atoms with Crippen molar-refractivity contribution in [3.63, 3.8) is 0 Å². The third-order valence-electron chi connectivity index (χ3n) is 3.54. The average molecular weight is 262 g/mol. The number of methoxy groups -OCH3 is 1. The molecule has 0 aliphatic carbocycles. The van der Waals surface area contributed by atoms with Gasteiger partial charge in [-0.15, -0.1) is 0 Å². The predicted molar refractivity (Wildman–Crippen MR) is 82.2 cm³/mol. The largest absolute Gasteiger partial charge is 0.383 e. The Balaban J connectivity index is 2.24. The molecule has 1 aromatic rings. The molecule has 0 radical (unpaired) electrons. The summed E-state index contributed by atoms with van der Waals surface area (Å²) in [5.74, 6) is 0.649. The number of hydrogen-bond acceptors (Lipinski definition) is 3. The molecule has 1 N–H and O–H groups in total. The van der Waals surface area contributed by atoms with E-state index in [1.807, 2.05) is 0 Å². The van der Waals surface area contributed by atoms with E-state index in [1.54, 1.807) is 7.11 Å². The molecule has 0 spiro atoms. The average Bonchev–Trinajstić information content (AvgIpc) is 2.42. The molecule has 0 saturated heterocycles. The Hall–Kier alpha value is -1.22. The standard InChI is InChI=1S/C16H26N2O/c1-13(2)12-18(10-11-19-3)15-8-4-6-14-7-5-9-17-16(14)15/h4,6,8,13,17H,5,7,9-12H2,1-3H3. The molecule has 0 unspecified atom stereocenters. The molecule has 0 amide bonds. The number of fused-ring (bicyclic) bond motifs is 1. The van der Waals surface area contributed by atoms with Crippen LogP contribution in [0.1, 0.15) is 25.8 Å². The van der Waals surface area contributed by atoms with Gasteiger partial charge in [-0.05, 0) is 30.4 Å². The molecule has 2 rings (SSSR count). The van der Waals surface area contributed by atoms with E-state index in [0.29, 0.717) is 5.92 Å². The van der Waals surface area contributed by atoms with Crippen LogP contribution in [0.15, 0.2) is 18.2 Å². The fraction of sp³-hybridized carbons (Fsp3) is 0.625. The molecule has 0 atom stereocenters. The van der Waals surface area contributed by atoms with Crippen LogP contribution in [-0.4, -0.2) is 33.4 Å². The molecule has 1 heterocycles. The quantitative estimate of drug-likeness (QED) is 0.852. The Morgan fingerprint density at radius 3 is 2.95 bits per heavy atom. The van der Waals surface area contributed by atoms with Crippen LogP contribution in [-0.2, 0) is 11.2 Å². The first kappa shape index (κ1) is 14.2. The van der Waals surface area contributed by atoms with Gasteiger partial charge in [-0.3, -0.25) is 0 Å². The number of nitrogens with one attached hydrogen (secondary N) is 1. The molecule has 1 aliphatic rings. The highest BCUT2D eigenvalue weighted by atomic mass is 16.5. The van der Waals surface area contributed by atoms with Crippen molar-refractivity contribution in [1.29, 1.82) is 0 Å². The normalized spacial score (nSPS) is 14.1. The minimum atomic E-state index is 0.649. The van der Waals surface area contributed by atoms with E-state index in [9.17, 15) is 0 Å². The van der Waals surface area contributed by atoms with E-state index in [2.05, 4.69) is 42.3 Å². The number of benzene rings is 1. The molecular weight excluding hydrogens is 236 g/mol. The lowest BCUT2D eigenvalue weighted by molar-refractivity contribution is 0.204. The van der Waals surface area contributed by atoms with Crippen LogP contribution in [0.5, 0.6) is 0 Å². The smallest absolute Gasteiger partial charge is 0.0637 e. The maximum Gasteiger partial charge on any atom is 0.0637 e. The highest BCUT2D eigenvalue weighted by Crippen LogP contribution is 2.33. The third kappa shape index (κ3) is 3.63. The summed E-state index contributed by atoms with van der Waals surface area (Å²) in [4.78, 5) is 2.45. The van der Waals surface area contributed by atoms with E-state index < -0.39 is 0 Å². The summed E-state index contributed by atoms with van der Waals surface area (Å²) >= 11 is 0. The SMILES string of the molecule is COCCN(CC(C)C)c1cccc2c1NCCC2. The molecule has 0 saturated carbocycles. The molecule has 106 valence electrons. The van der Waals surface area contributed by atoms with Crippen molar-refractivity contribution in [3.05, 3.63) is 23.8 Å². The van der Waals surface area contributed by atoms with Crippen molar-refractivity contribution in [2.75, 3.05) is 43.6 Å². The molecule has 3 nitrogen and oxygen atoms in total. The number of anilines is 2. The van der Waals surface area contributed by atoms with Crippen molar-refractivity contribution in [3.8, 4) is 0 Å². The molecule has 1 aliphatic heterocycles. The van der Waals surface area contributed by atoms with Gasteiger partial charge >= 0.3 is 0 Å². The van der Waals surface area contributed by atoms with Crippen molar-refractivity contribution < 1.29 is 4.74 Å². The highest BCUT2D eigenvalue weighted by Gasteiger charge is 2.17. The number of hydrogen-bond donors (Lipinski definition) is 1. The summed E-state index contributed by atoms with van der Waals surface area (Å²) in [6, 6.07) is 6.66. The highest BCUT2D eigenvalue weighted by molar-refractivity contribution is 5.74. The van der Waals surface area contributed by atoms with Gasteiger partial charge in [0.05, 0.1) is 18.0 Å². The van der Waals surface area contributed by atoms with Crippen molar-refractivity contribution in [1.82, 2.24) is 0 Å². The first-order valence-electron chi connectivity index (χ1n) is 7.32. The van der Waals surface area contributed by atoms with Gasteiger partial charge in [0.2, 0.25) is 0 Å². The zero-order chi connectivity index (χ0) is 13.7. The Kier molecular flexibility index (Phi) is 5.08. The monoisotopic (exact) mass is 262 g/mol. The maximum absolute atomic E-state index is 5.26. The van der Waals surface area contributed by atoms with Crippen LogP contribution in [0.3, 0.4) is 0 Å². The van der Waals surface area contributed by atoms with Crippen LogP contribution < -0.4 is 10.2 Å². The van der Waals surface area contributed by atoms with Gasteiger partial charge in [-0.2, -0.15) is 0 Å². The predicted octanol–water partition coefficient (Wildman–Crippen LogP) is 3.15. The summed E-state index contributed by atoms with van der Waals surface area (Å²) in [7, 11) is 1.77. The minimum Gasteiger partial charge on any atom is -0.383 e. The van der Waals surface area contributed by atoms with Crippen LogP contribution in [0.4, 0.5) is 11.4 Å².